The largest absolute Gasteiger partial charge is 0.299 e. The summed E-state index contributed by atoms with van der Waals surface area (Å²) in [7, 11) is 0. The summed E-state index contributed by atoms with van der Waals surface area (Å²) in [6, 6.07) is 15.6. The second-order valence-electron chi connectivity index (χ2n) is 5.67. The van der Waals surface area contributed by atoms with E-state index in [-0.39, 0.29) is 36.6 Å². The van der Waals surface area contributed by atoms with Gasteiger partial charge < -0.3 is 0 Å². The first-order valence-corrected chi connectivity index (χ1v) is 7.60. The second-order valence-corrected chi connectivity index (χ2v) is 5.67. The zero-order valence-corrected chi connectivity index (χ0v) is 13.4. The highest BCUT2D eigenvalue weighted by atomic mass is 16.1. The van der Waals surface area contributed by atoms with E-state index in [2.05, 4.69) is 0 Å². The molecule has 0 aliphatic rings. The van der Waals surface area contributed by atoms with Crippen LogP contribution < -0.4 is 0 Å². The van der Waals surface area contributed by atoms with Crippen molar-refractivity contribution < 1.29 is 14.4 Å². The third-order valence-corrected chi connectivity index (χ3v) is 3.64. The summed E-state index contributed by atoms with van der Waals surface area (Å²) in [5.74, 6) is -0.320. The van der Waals surface area contributed by atoms with Crippen LogP contribution in [0.4, 0.5) is 0 Å². The predicted molar refractivity (Wildman–Crippen MR) is 89.6 cm³/mol. The zero-order chi connectivity index (χ0) is 17.5. The topological polar surface area (TPSA) is 75.0 Å². The summed E-state index contributed by atoms with van der Waals surface area (Å²) >= 11 is 0. The Bertz CT molecular complexity index is 796. The van der Waals surface area contributed by atoms with E-state index in [1.54, 1.807) is 48.5 Å². The lowest BCUT2D eigenvalue weighted by Gasteiger charge is -2.03. The molecule has 0 aliphatic heterocycles. The lowest BCUT2D eigenvalue weighted by atomic mass is 10.00. The highest BCUT2D eigenvalue weighted by molar-refractivity contribution is 6.00. The molecule has 2 aromatic carbocycles. The summed E-state index contributed by atoms with van der Waals surface area (Å²) in [5.41, 5.74) is 2.72. The molecule has 0 aromatic heterocycles. The molecule has 120 valence electrons. The summed E-state index contributed by atoms with van der Waals surface area (Å²) < 4.78 is 0. The monoisotopic (exact) mass is 319 g/mol. The molecule has 24 heavy (non-hydrogen) atoms. The van der Waals surface area contributed by atoms with Crippen molar-refractivity contribution in [3.05, 3.63) is 70.8 Å². The van der Waals surface area contributed by atoms with Crippen LogP contribution in [0.2, 0.25) is 0 Å². The Labute approximate surface area is 140 Å². The van der Waals surface area contributed by atoms with E-state index in [9.17, 15) is 14.4 Å². The van der Waals surface area contributed by atoms with Gasteiger partial charge in [-0.1, -0.05) is 36.4 Å². The molecule has 0 atom stereocenters. The quantitative estimate of drug-likeness (QED) is 0.580. The van der Waals surface area contributed by atoms with Crippen molar-refractivity contribution in [3.63, 3.8) is 0 Å². The van der Waals surface area contributed by atoms with Gasteiger partial charge in [-0.05, 0) is 30.2 Å². The maximum Gasteiger partial charge on any atom is 0.159 e. The number of carbonyl (C=O) groups excluding carboxylic acids is 3. The molecular weight excluding hydrogens is 302 g/mol. The molecule has 0 aliphatic carbocycles. The van der Waals surface area contributed by atoms with E-state index < -0.39 is 0 Å². The highest BCUT2D eigenvalue weighted by Gasteiger charge is 2.11. The maximum atomic E-state index is 12.0. The molecule has 0 bridgehead atoms. The number of hydrogen-bond acceptors (Lipinski definition) is 4. The molecule has 4 nitrogen and oxygen atoms in total. The summed E-state index contributed by atoms with van der Waals surface area (Å²) in [5, 5.41) is 8.74. The fraction of sp³-hybridized carbons (Fsp3) is 0.200. The van der Waals surface area contributed by atoms with Crippen molar-refractivity contribution in [1.82, 2.24) is 0 Å². The van der Waals surface area contributed by atoms with Gasteiger partial charge in [0, 0.05) is 18.4 Å². The minimum atomic E-state index is -0.149. The average molecular weight is 319 g/mol. The normalized spacial score (nSPS) is 10.0. The predicted octanol–water partition coefficient (Wildman–Crippen LogP) is 3.07. The Kier molecular flexibility index (Phi) is 5.75. The van der Waals surface area contributed by atoms with Crippen LogP contribution in [-0.4, -0.2) is 17.3 Å². The molecule has 0 saturated heterocycles. The van der Waals surface area contributed by atoms with Crippen LogP contribution >= 0.6 is 0 Å². The van der Waals surface area contributed by atoms with Gasteiger partial charge in [-0.3, -0.25) is 14.4 Å². The number of hydrogen-bond donors (Lipinski definition) is 0. The number of Topliss-reactive ketones (excluding diaryl/α,β-unsaturated/α-hetero) is 3. The van der Waals surface area contributed by atoms with E-state index in [1.165, 1.54) is 6.92 Å². The fourth-order valence-corrected chi connectivity index (χ4v) is 2.35. The molecule has 0 spiro atoms. The van der Waals surface area contributed by atoms with E-state index in [4.69, 9.17) is 5.26 Å². The van der Waals surface area contributed by atoms with E-state index >= 15 is 0 Å². The molecule has 0 radical (unpaired) electrons. The number of ketones is 3. The molecule has 0 saturated carbocycles. The van der Waals surface area contributed by atoms with Crippen molar-refractivity contribution >= 4 is 17.3 Å². The Balaban J connectivity index is 1.88. The summed E-state index contributed by atoms with van der Waals surface area (Å²) in [4.78, 5) is 35.2. The number of rotatable bonds is 7. The summed E-state index contributed by atoms with van der Waals surface area (Å²) in [6.45, 7) is 1.49. The smallest absolute Gasteiger partial charge is 0.159 e. The van der Waals surface area contributed by atoms with Crippen molar-refractivity contribution in [2.24, 2.45) is 0 Å². The Morgan fingerprint density at radius 3 is 1.71 bits per heavy atom. The highest BCUT2D eigenvalue weighted by Crippen LogP contribution is 2.09. The molecule has 4 heteroatoms. The van der Waals surface area contributed by atoms with Crippen LogP contribution in [0.25, 0.3) is 0 Å². The lowest BCUT2D eigenvalue weighted by molar-refractivity contribution is -0.126. The molecule has 0 heterocycles. The van der Waals surface area contributed by atoms with Gasteiger partial charge in [-0.15, -0.1) is 0 Å². The maximum absolute atomic E-state index is 12.0. The summed E-state index contributed by atoms with van der Waals surface area (Å²) in [6.07, 6.45) is 0.243. The van der Waals surface area contributed by atoms with Crippen LogP contribution in [0.5, 0.6) is 0 Å². The van der Waals surface area contributed by atoms with Gasteiger partial charge in [0.15, 0.2) is 5.78 Å². The van der Waals surface area contributed by atoms with Crippen molar-refractivity contribution in [1.29, 1.82) is 5.26 Å². The molecular formula is C20H17NO3. The molecule has 0 amide bonds. The Hall–Kier alpha value is -3.06. The Morgan fingerprint density at radius 2 is 1.29 bits per heavy atom. The van der Waals surface area contributed by atoms with Crippen LogP contribution in [0.1, 0.15) is 40.4 Å². The standard InChI is InChI=1S/C20H17NO3/c1-14(22)18-8-6-16(7-9-18)11-20(24)12-19(23)10-15-2-4-17(13-21)5-3-15/h2-9H,10-12H2,1H3. The molecule has 2 aromatic rings. The Morgan fingerprint density at radius 1 is 0.833 bits per heavy atom. The van der Waals surface area contributed by atoms with Gasteiger partial charge in [0.1, 0.15) is 11.6 Å². The average Bonchev–Trinajstić information content (AvgIpc) is 2.55. The SMILES string of the molecule is CC(=O)c1ccc(CC(=O)CC(=O)Cc2ccc(C#N)cc2)cc1. The van der Waals surface area contributed by atoms with Gasteiger partial charge in [0.2, 0.25) is 0 Å². The lowest BCUT2D eigenvalue weighted by Crippen LogP contribution is -2.12. The van der Waals surface area contributed by atoms with Crippen molar-refractivity contribution in [3.8, 4) is 6.07 Å². The first-order valence-electron chi connectivity index (χ1n) is 7.60. The van der Waals surface area contributed by atoms with Crippen molar-refractivity contribution in [2.75, 3.05) is 0 Å². The number of nitriles is 1. The molecule has 0 N–H and O–H groups in total. The van der Waals surface area contributed by atoms with Crippen molar-refractivity contribution in [2.45, 2.75) is 26.2 Å². The third-order valence-electron chi connectivity index (χ3n) is 3.64. The number of benzene rings is 2. The van der Waals surface area contributed by atoms with Gasteiger partial charge in [0.05, 0.1) is 18.1 Å². The van der Waals surface area contributed by atoms with Gasteiger partial charge in [-0.2, -0.15) is 5.26 Å². The van der Waals surface area contributed by atoms with Crippen LogP contribution in [0, 0.1) is 11.3 Å². The number of carbonyl (C=O) groups is 3. The van der Waals surface area contributed by atoms with E-state index in [0.717, 1.165) is 11.1 Å². The molecule has 2 rings (SSSR count). The van der Waals surface area contributed by atoms with Gasteiger partial charge >= 0.3 is 0 Å². The van der Waals surface area contributed by atoms with Gasteiger partial charge in [-0.25, -0.2) is 0 Å². The zero-order valence-electron chi connectivity index (χ0n) is 13.4. The fourth-order valence-electron chi connectivity index (χ4n) is 2.35. The first-order chi connectivity index (χ1) is 11.5. The van der Waals surface area contributed by atoms with E-state index in [0.29, 0.717) is 11.1 Å². The van der Waals surface area contributed by atoms with Gasteiger partial charge in [0.25, 0.3) is 0 Å². The van der Waals surface area contributed by atoms with Crippen LogP contribution in [0.15, 0.2) is 48.5 Å². The van der Waals surface area contributed by atoms with E-state index in [1.807, 2.05) is 6.07 Å². The minimum Gasteiger partial charge on any atom is -0.299 e. The van der Waals surface area contributed by atoms with Crippen LogP contribution in [0.3, 0.4) is 0 Å². The third kappa shape index (κ3) is 4.99. The molecule has 0 fully saturated rings. The second kappa shape index (κ2) is 7.98. The number of nitrogens with zero attached hydrogens (tertiary/aromatic N) is 1. The molecule has 0 unspecified atom stereocenters. The van der Waals surface area contributed by atoms with Crippen LogP contribution in [-0.2, 0) is 22.4 Å². The minimum absolute atomic E-state index is 0.0227. The first kappa shape index (κ1) is 17.3.